The van der Waals surface area contributed by atoms with E-state index in [2.05, 4.69) is 22.3 Å². The van der Waals surface area contributed by atoms with Crippen molar-refractivity contribution in [2.45, 2.75) is 76.4 Å². The number of amides is 1. The Morgan fingerprint density at radius 3 is 2.48 bits per heavy atom. The van der Waals surface area contributed by atoms with Crippen LogP contribution in [0, 0.1) is 11.3 Å². The van der Waals surface area contributed by atoms with Gasteiger partial charge >= 0.3 is 6.18 Å². The predicted molar refractivity (Wildman–Crippen MR) is 119 cm³/mol. The van der Waals surface area contributed by atoms with Crippen molar-refractivity contribution in [2.24, 2.45) is 11.3 Å². The Balaban J connectivity index is 1.18. The molecule has 0 unspecified atom stereocenters. The molecule has 0 radical (unpaired) electrons. The average Bonchev–Trinajstić information content (AvgIpc) is 3.45. The largest absolute Gasteiger partial charge is 0.416 e. The van der Waals surface area contributed by atoms with Gasteiger partial charge in [0.15, 0.2) is 5.58 Å². The van der Waals surface area contributed by atoms with Crippen molar-refractivity contribution < 1.29 is 22.5 Å². The summed E-state index contributed by atoms with van der Waals surface area (Å²) in [4.78, 5) is 15.4. The number of nitrogens with one attached hydrogen (secondary N) is 1. The number of likely N-dealkylation sites (tertiary alicyclic amines) is 1. The molecule has 180 valence electrons. The van der Waals surface area contributed by atoms with E-state index >= 15 is 0 Å². The van der Waals surface area contributed by atoms with Gasteiger partial charge in [0, 0.05) is 23.9 Å². The fraction of sp³-hybridized carbons (Fsp3) is 0.680. The summed E-state index contributed by atoms with van der Waals surface area (Å²) in [5.41, 5.74) is 0.0938. The summed E-state index contributed by atoms with van der Waals surface area (Å²) >= 11 is 0. The lowest BCUT2D eigenvalue weighted by atomic mass is 9.87. The zero-order valence-electron chi connectivity index (χ0n) is 19.1. The predicted octanol–water partition coefficient (Wildman–Crippen LogP) is 5.50. The van der Waals surface area contributed by atoms with Crippen LogP contribution in [-0.2, 0) is 11.0 Å². The zero-order valence-corrected chi connectivity index (χ0v) is 19.1. The second-order valence-electron chi connectivity index (χ2n) is 10.5. The minimum Gasteiger partial charge on any atom is -0.356 e. The molecule has 1 aromatic heterocycles. The number of piperidine rings is 1. The lowest BCUT2D eigenvalue weighted by Gasteiger charge is -2.34. The first-order valence-electron chi connectivity index (χ1n) is 12.2. The van der Waals surface area contributed by atoms with E-state index < -0.39 is 11.7 Å². The Morgan fingerprint density at radius 1 is 1.15 bits per heavy atom. The first kappa shape index (κ1) is 22.7. The van der Waals surface area contributed by atoms with Gasteiger partial charge in [0.1, 0.15) is 0 Å². The lowest BCUT2D eigenvalue weighted by molar-refractivity contribution is -0.137. The number of fused-ring (bicyclic) bond motifs is 1. The summed E-state index contributed by atoms with van der Waals surface area (Å²) < 4.78 is 44.8. The molecule has 8 heteroatoms. The first-order valence-corrected chi connectivity index (χ1v) is 12.2. The molecule has 1 aromatic carbocycles. The molecule has 2 saturated carbocycles. The Kier molecular flexibility index (Phi) is 5.91. The Morgan fingerprint density at radius 2 is 1.85 bits per heavy atom. The third kappa shape index (κ3) is 4.77. The highest BCUT2D eigenvalue weighted by atomic mass is 19.4. The van der Waals surface area contributed by atoms with E-state index in [1.807, 2.05) is 0 Å². The summed E-state index contributed by atoms with van der Waals surface area (Å²) in [6.07, 6.45) is 3.63. The zero-order chi connectivity index (χ0) is 23.2. The second-order valence-corrected chi connectivity index (χ2v) is 10.5. The Hall–Kier alpha value is -2.09. The highest BCUT2D eigenvalue weighted by Crippen LogP contribution is 2.47. The third-order valence-corrected chi connectivity index (χ3v) is 8.01. The van der Waals surface area contributed by atoms with Crippen molar-refractivity contribution in [3.8, 4) is 0 Å². The van der Waals surface area contributed by atoms with E-state index in [-0.39, 0.29) is 17.2 Å². The Labute approximate surface area is 192 Å². The number of halogens is 3. The molecule has 1 amide bonds. The van der Waals surface area contributed by atoms with Gasteiger partial charge in [-0.1, -0.05) is 12.1 Å². The molecule has 0 spiro atoms. The monoisotopic (exact) mass is 463 g/mol. The van der Waals surface area contributed by atoms with Crippen LogP contribution < -0.4 is 5.32 Å². The molecule has 1 N–H and O–H groups in total. The smallest absolute Gasteiger partial charge is 0.356 e. The summed E-state index contributed by atoms with van der Waals surface area (Å²) in [7, 11) is 0. The van der Waals surface area contributed by atoms with Gasteiger partial charge in [0.05, 0.1) is 16.7 Å². The van der Waals surface area contributed by atoms with Crippen LogP contribution in [0.25, 0.3) is 11.0 Å². The second kappa shape index (κ2) is 8.60. The summed E-state index contributed by atoms with van der Waals surface area (Å²) in [6.45, 7) is 4.68. The van der Waals surface area contributed by atoms with Crippen molar-refractivity contribution in [2.75, 3.05) is 19.6 Å². The highest BCUT2D eigenvalue weighted by Gasteiger charge is 2.51. The van der Waals surface area contributed by atoms with Crippen LogP contribution in [0.3, 0.4) is 0 Å². The number of hydrogen-bond donors (Lipinski definition) is 1. The number of alkyl halides is 3. The number of hydrogen-bond acceptors (Lipinski definition) is 4. The van der Waals surface area contributed by atoms with Gasteiger partial charge in [-0.05, 0) is 88.6 Å². The van der Waals surface area contributed by atoms with Crippen molar-refractivity contribution >= 4 is 16.9 Å². The maximum atomic E-state index is 13.2. The summed E-state index contributed by atoms with van der Waals surface area (Å²) in [5, 5.41) is 7.91. The summed E-state index contributed by atoms with van der Waals surface area (Å²) in [6, 6.07) is 3.86. The molecule has 2 aromatic rings. The van der Waals surface area contributed by atoms with E-state index in [9.17, 15) is 18.0 Å². The topological polar surface area (TPSA) is 58.4 Å². The maximum absolute atomic E-state index is 13.2. The maximum Gasteiger partial charge on any atom is 0.416 e. The SMILES string of the molecule is CC1CCC(NC(=O)C2(CN3CCC(c4noc5ccc(C(F)(F)F)cc45)CC3)CC2)CC1. The number of nitrogens with zero attached hydrogens (tertiary/aromatic N) is 2. The van der Waals surface area contributed by atoms with Gasteiger partial charge in [-0.15, -0.1) is 0 Å². The van der Waals surface area contributed by atoms with Crippen molar-refractivity contribution in [1.82, 2.24) is 15.4 Å². The number of carbonyl (C=O) groups excluding carboxylic acids is 1. The quantitative estimate of drug-likeness (QED) is 0.636. The fourth-order valence-electron chi connectivity index (χ4n) is 5.57. The molecular formula is C25H32F3N3O2. The molecule has 0 atom stereocenters. The van der Waals surface area contributed by atoms with Crippen LogP contribution in [0.5, 0.6) is 0 Å². The van der Waals surface area contributed by atoms with E-state index in [0.717, 1.165) is 76.2 Å². The van der Waals surface area contributed by atoms with Gasteiger partial charge in [-0.3, -0.25) is 4.79 Å². The molecule has 0 bridgehead atoms. The molecular weight excluding hydrogens is 431 g/mol. The number of aromatic nitrogens is 1. The van der Waals surface area contributed by atoms with Gasteiger partial charge in [0.2, 0.25) is 5.91 Å². The van der Waals surface area contributed by atoms with Crippen molar-refractivity contribution in [3.05, 3.63) is 29.5 Å². The van der Waals surface area contributed by atoms with Gasteiger partial charge in [-0.2, -0.15) is 13.2 Å². The third-order valence-electron chi connectivity index (χ3n) is 8.01. The van der Waals surface area contributed by atoms with Crippen LogP contribution in [0.15, 0.2) is 22.7 Å². The fourth-order valence-corrected chi connectivity index (χ4v) is 5.57. The standard InChI is InChI=1S/C25H32F3N3O2/c1-16-2-5-19(6-3-16)29-23(32)24(10-11-24)15-31-12-8-17(9-13-31)22-20-14-18(25(26,27)28)4-7-21(20)33-30-22/h4,7,14,16-17,19H,2-3,5-6,8-13,15H2,1H3,(H,29,32). The molecule has 3 fully saturated rings. The van der Waals surface area contributed by atoms with Gasteiger partial charge < -0.3 is 14.7 Å². The average molecular weight is 464 g/mol. The molecule has 2 heterocycles. The van der Waals surface area contributed by atoms with Crippen LogP contribution in [0.4, 0.5) is 13.2 Å². The number of benzene rings is 1. The van der Waals surface area contributed by atoms with Crippen molar-refractivity contribution in [1.29, 1.82) is 0 Å². The van der Waals surface area contributed by atoms with Crippen LogP contribution in [-0.4, -0.2) is 41.6 Å². The molecule has 5 rings (SSSR count). The van der Waals surface area contributed by atoms with Gasteiger partial charge in [-0.25, -0.2) is 0 Å². The van der Waals surface area contributed by atoms with Crippen LogP contribution in [0.1, 0.15) is 75.5 Å². The number of rotatable bonds is 5. The van der Waals surface area contributed by atoms with E-state index in [1.54, 1.807) is 0 Å². The number of carbonyl (C=O) groups is 1. The molecule has 1 saturated heterocycles. The summed E-state index contributed by atoms with van der Waals surface area (Å²) in [5.74, 6) is 1.04. The Bertz CT molecular complexity index is 998. The van der Waals surface area contributed by atoms with Crippen LogP contribution >= 0.6 is 0 Å². The van der Waals surface area contributed by atoms with Gasteiger partial charge in [0.25, 0.3) is 0 Å². The minimum atomic E-state index is -4.39. The molecule has 1 aliphatic heterocycles. The van der Waals surface area contributed by atoms with E-state index in [0.29, 0.717) is 22.7 Å². The molecule has 33 heavy (non-hydrogen) atoms. The normalized spacial score (nSPS) is 26.4. The van der Waals surface area contributed by atoms with E-state index in [1.165, 1.54) is 18.9 Å². The minimum absolute atomic E-state index is 0.0687. The van der Waals surface area contributed by atoms with Crippen molar-refractivity contribution in [3.63, 3.8) is 0 Å². The molecule has 3 aliphatic rings. The molecule has 5 nitrogen and oxygen atoms in total. The molecule has 2 aliphatic carbocycles. The van der Waals surface area contributed by atoms with E-state index in [4.69, 9.17) is 4.52 Å². The lowest BCUT2D eigenvalue weighted by Crippen LogP contribution is -2.46. The first-order chi connectivity index (χ1) is 15.7. The highest BCUT2D eigenvalue weighted by molar-refractivity contribution is 5.86. The van der Waals surface area contributed by atoms with Crippen LogP contribution in [0.2, 0.25) is 0 Å².